The third-order valence-corrected chi connectivity index (χ3v) is 3.63. The van der Waals surface area contributed by atoms with E-state index in [4.69, 9.17) is 0 Å². The molecule has 0 spiro atoms. The maximum atomic E-state index is 12.4. The summed E-state index contributed by atoms with van der Waals surface area (Å²) >= 11 is 0. The van der Waals surface area contributed by atoms with E-state index in [2.05, 4.69) is 18.0 Å². The van der Waals surface area contributed by atoms with Crippen LogP contribution in [0.5, 0.6) is 0 Å². The van der Waals surface area contributed by atoms with Crippen LogP contribution in [-0.4, -0.2) is 16.1 Å². The Hall–Kier alpha value is -2.10. The van der Waals surface area contributed by atoms with Crippen LogP contribution in [-0.2, 0) is 12.8 Å². The Morgan fingerprint density at radius 1 is 1.30 bits per heavy atom. The minimum atomic E-state index is -1.09. The summed E-state index contributed by atoms with van der Waals surface area (Å²) in [6.45, 7) is 5.66. The van der Waals surface area contributed by atoms with Crippen LogP contribution in [0, 0.1) is 6.92 Å². The summed E-state index contributed by atoms with van der Waals surface area (Å²) in [5, 5.41) is 9.79. The van der Waals surface area contributed by atoms with E-state index in [9.17, 15) is 14.7 Å². The van der Waals surface area contributed by atoms with Crippen molar-refractivity contribution in [3.8, 4) is 0 Å². The van der Waals surface area contributed by atoms with E-state index in [0.717, 1.165) is 30.4 Å². The zero-order chi connectivity index (χ0) is 14.9. The SMILES string of the molecule is CCCc1cc(CC)cc2c(=O)c(C)c(C(=O)O)[nH]c12. The third-order valence-electron chi connectivity index (χ3n) is 3.63. The molecule has 106 valence electrons. The van der Waals surface area contributed by atoms with Gasteiger partial charge in [0.15, 0.2) is 5.43 Å². The molecule has 0 saturated heterocycles. The number of benzene rings is 1. The van der Waals surface area contributed by atoms with E-state index >= 15 is 0 Å². The van der Waals surface area contributed by atoms with Gasteiger partial charge in [-0.3, -0.25) is 4.79 Å². The molecule has 0 fully saturated rings. The molecule has 20 heavy (non-hydrogen) atoms. The lowest BCUT2D eigenvalue weighted by molar-refractivity contribution is 0.0690. The lowest BCUT2D eigenvalue weighted by atomic mass is 9.98. The van der Waals surface area contributed by atoms with E-state index in [1.165, 1.54) is 0 Å². The first-order chi connectivity index (χ1) is 9.49. The van der Waals surface area contributed by atoms with Crippen LogP contribution in [0.25, 0.3) is 10.9 Å². The number of rotatable bonds is 4. The molecule has 4 heteroatoms. The number of hydrogen-bond donors (Lipinski definition) is 2. The summed E-state index contributed by atoms with van der Waals surface area (Å²) < 4.78 is 0. The van der Waals surface area contributed by atoms with Crippen molar-refractivity contribution in [3.05, 3.63) is 44.7 Å². The van der Waals surface area contributed by atoms with Gasteiger partial charge in [-0.2, -0.15) is 0 Å². The number of carbonyl (C=O) groups is 1. The summed E-state index contributed by atoms with van der Waals surface area (Å²) in [5.74, 6) is -1.09. The molecule has 1 heterocycles. The smallest absolute Gasteiger partial charge is 0.352 e. The minimum absolute atomic E-state index is 0.0101. The average molecular weight is 273 g/mol. The highest BCUT2D eigenvalue weighted by Crippen LogP contribution is 2.20. The molecule has 2 N–H and O–H groups in total. The van der Waals surface area contributed by atoms with Gasteiger partial charge in [0.05, 0.1) is 5.52 Å². The highest BCUT2D eigenvalue weighted by molar-refractivity contribution is 5.92. The Labute approximate surface area is 117 Å². The zero-order valence-corrected chi connectivity index (χ0v) is 12.0. The number of pyridine rings is 1. The number of aromatic amines is 1. The maximum Gasteiger partial charge on any atom is 0.352 e. The molecule has 0 radical (unpaired) electrons. The van der Waals surface area contributed by atoms with Gasteiger partial charge in [0.25, 0.3) is 0 Å². The second kappa shape index (κ2) is 5.49. The first-order valence-electron chi connectivity index (χ1n) is 6.91. The molecule has 0 atom stereocenters. The van der Waals surface area contributed by atoms with E-state index in [0.29, 0.717) is 10.9 Å². The lowest BCUT2D eigenvalue weighted by Gasteiger charge is -2.11. The molecular weight excluding hydrogens is 254 g/mol. The molecule has 0 saturated carbocycles. The van der Waals surface area contributed by atoms with Crippen molar-refractivity contribution in [2.45, 2.75) is 40.0 Å². The second-order valence-corrected chi connectivity index (χ2v) is 5.04. The average Bonchev–Trinajstić information content (AvgIpc) is 2.42. The number of aromatic nitrogens is 1. The van der Waals surface area contributed by atoms with Gasteiger partial charge in [-0.15, -0.1) is 0 Å². The Morgan fingerprint density at radius 2 is 2.00 bits per heavy atom. The molecule has 0 unspecified atom stereocenters. The molecule has 0 amide bonds. The monoisotopic (exact) mass is 273 g/mol. The zero-order valence-electron chi connectivity index (χ0n) is 12.0. The Morgan fingerprint density at radius 3 is 2.55 bits per heavy atom. The summed E-state index contributed by atoms with van der Waals surface area (Å²) in [4.78, 5) is 26.6. The number of aryl methyl sites for hydroxylation is 2. The quantitative estimate of drug-likeness (QED) is 0.899. The molecule has 2 aromatic rings. The number of carboxylic acids is 1. The van der Waals surface area contributed by atoms with Gasteiger partial charge in [0.2, 0.25) is 0 Å². The molecule has 0 aliphatic carbocycles. The van der Waals surface area contributed by atoms with E-state index in [1.807, 2.05) is 13.0 Å². The normalized spacial score (nSPS) is 10.9. The molecule has 2 rings (SSSR count). The van der Waals surface area contributed by atoms with Gasteiger partial charge in [-0.25, -0.2) is 4.79 Å². The number of aromatic carboxylic acids is 1. The molecule has 0 aliphatic heterocycles. The van der Waals surface area contributed by atoms with Crippen LogP contribution in [0.1, 0.15) is 47.4 Å². The molecule has 0 bridgehead atoms. The molecular formula is C16H19NO3. The van der Waals surface area contributed by atoms with Crippen LogP contribution in [0.4, 0.5) is 0 Å². The summed E-state index contributed by atoms with van der Waals surface area (Å²) in [7, 11) is 0. The van der Waals surface area contributed by atoms with Gasteiger partial charge >= 0.3 is 5.97 Å². The fraction of sp³-hybridized carbons (Fsp3) is 0.375. The van der Waals surface area contributed by atoms with Crippen LogP contribution in [0.3, 0.4) is 0 Å². The Bertz CT molecular complexity index is 729. The van der Waals surface area contributed by atoms with Gasteiger partial charge in [-0.05, 0) is 37.0 Å². The number of fused-ring (bicyclic) bond motifs is 1. The first kappa shape index (κ1) is 14.3. The van der Waals surface area contributed by atoms with Gasteiger partial charge in [-0.1, -0.05) is 26.3 Å². The Balaban J connectivity index is 2.90. The minimum Gasteiger partial charge on any atom is -0.477 e. The van der Waals surface area contributed by atoms with Crippen molar-refractivity contribution >= 4 is 16.9 Å². The lowest BCUT2D eigenvalue weighted by Crippen LogP contribution is -2.16. The topological polar surface area (TPSA) is 70.2 Å². The number of H-pyrrole nitrogens is 1. The van der Waals surface area contributed by atoms with Crippen molar-refractivity contribution in [1.82, 2.24) is 4.98 Å². The number of hydrogen-bond acceptors (Lipinski definition) is 2. The van der Waals surface area contributed by atoms with Crippen LogP contribution in [0.15, 0.2) is 16.9 Å². The van der Waals surface area contributed by atoms with Crippen LogP contribution >= 0.6 is 0 Å². The van der Waals surface area contributed by atoms with E-state index in [1.54, 1.807) is 6.92 Å². The van der Waals surface area contributed by atoms with E-state index < -0.39 is 5.97 Å². The van der Waals surface area contributed by atoms with Crippen molar-refractivity contribution in [2.75, 3.05) is 0 Å². The molecule has 1 aromatic heterocycles. The Kier molecular flexibility index (Phi) is 3.93. The van der Waals surface area contributed by atoms with Crippen molar-refractivity contribution in [1.29, 1.82) is 0 Å². The fourth-order valence-electron chi connectivity index (χ4n) is 2.51. The maximum absolute atomic E-state index is 12.4. The molecule has 1 aromatic carbocycles. The first-order valence-corrected chi connectivity index (χ1v) is 6.91. The van der Waals surface area contributed by atoms with Gasteiger partial charge < -0.3 is 10.1 Å². The highest BCUT2D eigenvalue weighted by atomic mass is 16.4. The van der Waals surface area contributed by atoms with Gasteiger partial charge in [0, 0.05) is 10.9 Å². The fourth-order valence-corrected chi connectivity index (χ4v) is 2.51. The van der Waals surface area contributed by atoms with Crippen molar-refractivity contribution in [3.63, 3.8) is 0 Å². The van der Waals surface area contributed by atoms with Crippen LogP contribution in [0.2, 0.25) is 0 Å². The summed E-state index contributed by atoms with van der Waals surface area (Å²) in [6, 6.07) is 3.93. The summed E-state index contributed by atoms with van der Waals surface area (Å²) in [5.41, 5.74) is 2.85. The third kappa shape index (κ3) is 2.33. The van der Waals surface area contributed by atoms with Gasteiger partial charge in [0.1, 0.15) is 5.69 Å². The highest BCUT2D eigenvalue weighted by Gasteiger charge is 2.16. The molecule has 0 aliphatic rings. The second-order valence-electron chi connectivity index (χ2n) is 5.04. The molecule has 4 nitrogen and oxygen atoms in total. The summed E-state index contributed by atoms with van der Waals surface area (Å²) in [6.07, 6.45) is 2.62. The van der Waals surface area contributed by atoms with Crippen LogP contribution < -0.4 is 5.43 Å². The van der Waals surface area contributed by atoms with Crippen molar-refractivity contribution < 1.29 is 9.90 Å². The predicted octanol–water partition coefficient (Wildman–Crippen LogP) is 3.05. The number of carboxylic acid groups (broad SMARTS) is 1. The van der Waals surface area contributed by atoms with E-state index in [-0.39, 0.29) is 16.7 Å². The predicted molar refractivity (Wildman–Crippen MR) is 79.6 cm³/mol. The largest absolute Gasteiger partial charge is 0.477 e. The number of nitrogens with one attached hydrogen (secondary N) is 1. The standard InChI is InChI=1S/C16H19NO3/c1-4-6-11-7-10(5-2)8-12-14(11)17-13(16(19)20)9(3)15(12)18/h7-8H,4-6H2,1-3H3,(H,17,18)(H,19,20). The van der Waals surface area contributed by atoms with Crippen molar-refractivity contribution in [2.24, 2.45) is 0 Å².